The van der Waals surface area contributed by atoms with Gasteiger partial charge in [-0.05, 0) is 49.7 Å². The molecule has 0 unspecified atom stereocenters. The second-order valence-corrected chi connectivity index (χ2v) is 6.54. The molecule has 1 heterocycles. The van der Waals surface area contributed by atoms with E-state index >= 15 is 0 Å². The molecule has 0 radical (unpaired) electrons. The maximum atomic E-state index is 8.81. The SMILES string of the molecule is COc1ccccc1.C[C@@]1(COc2cccc(C#N)c2)CCCNC1. The van der Waals surface area contributed by atoms with Gasteiger partial charge in [0.15, 0.2) is 0 Å². The highest BCUT2D eigenvalue weighted by Gasteiger charge is 2.27. The molecule has 1 N–H and O–H groups in total. The fourth-order valence-corrected chi connectivity index (χ4v) is 2.71. The Morgan fingerprint density at radius 1 is 1.12 bits per heavy atom. The zero-order valence-corrected chi connectivity index (χ0v) is 15.0. The maximum Gasteiger partial charge on any atom is 0.120 e. The Kier molecular flexibility index (Phi) is 7.31. The molecule has 4 nitrogen and oxygen atoms in total. The molecule has 3 rings (SSSR count). The van der Waals surface area contributed by atoms with Gasteiger partial charge in [-0.1, -0.05) is 31.2 Å². The number of nitrogens with one attached hydrogen (secondary N) is 1. The van der Waals surface area contributed by atoms with E-state index in [9.17, 15) is 0 Å². The van der Waals surface area contributed by atoms with Crippen LogP contribution >= 0.6 is 0 Å². The lowest BCUT2D eigenvalue weighted by molar-refractivity contribution is 0.129. The largest absolute Gasteiger partial charge is 0.497 e. The minimum atomic E-state index is 0.209. The summed E-state index contributed by atoms with van der Waals surface area (Å²) >= 11 is 0. The number of nitrogens with zero attached hydrogens (tertiary/aromatic N) is 1. The van der Waals surface area contributed by atoms with E-state index in [0.29, 0.717) is 12.2 Å². The van der Waals surface area contributed by atoms with Crippen molar-refractivity contribution >= 4 is 0 Å². The fourth-order valence-electron chi connectivity index (χ4n) is 2.71. The zero-order valence-electron chi connectivity index (χ0n) is 15.0. The van der Waals surface area contributed by atoms with Crippen molar-refractivity contribution in [2.75, 3.05) is 26.8 Å². The topological polar surface area (TPSA) is 54.3 Å². The van der Waals surface area contributed by atoms with Gasteiger partial charge in [0, 0.05) is 12.0 Å². The Morgan fingerprint density at radius 3 is 2.48 bits per heavy atom. The summed E-state index contributed by atoms with van der Waals surface area (Å²) in [5.74, 6) is 1.70. The lowest BCUT2D eigenvalue weighted by atomic mass is 9.84. The van der Waals surface area contributed by atoms with Crippen molar-refractivity contribution in [1.82, 2.24) is 5.32 Å². The van der Waals surface area contributed by atoms with Crippen LogP contribution in [0.3, 0.4) is 0 Å². The summed E-state index contributed by atoms with van der Waals surface area (Å²) in [5, 5.41) is 12.2. The quantitative estimate of drug-likeness (QED) is 0.915. The number of para-hydroxylation sites is 1. The molecular formula is C21H26N2O2. The van der Waals surface area contributed by atoms with Crippen molar-refractivity contribution in [2.24, 2.45) is 5.41 Å². The lowest BCUT2D eigenvalue weighted by Gasteiger charge is -2.33. The number of piperidine rings is 1. The van der Waals surface area contributed by atoms with E-state index in [0.717, 1.165) is 24.6 Å². The van der Waals surface area contributed by atoms with Gasteiger partial charge < -0.3 is 14.8 Å². The van der Waals surface area contributed by atoms with Crippen molar-refractivity contribution in [3.05, 3.63) is 60.2 Å². The number of methoxy groups -OCH3 is 1. The summed E-state index contributed by atoms with van der Waals surface area (Å²) in [6.07, 6.45) is 2.40. The van der Waals surface area contributed by atoms with Crippen LogP contribution in [-0.4, -0.2) is 26.8 Å². The third kappa shape index (κ3) is 6.48. The van der Waals surface area contributed by atoms with Crippen LogP contribution in [0.25, 0.3) is 0 Å². The molecule has 0 saturated carbocycles. The minimum absolute atomic E-state index is 0.209. The second kappa shape index (κ2) is 9.71. The first-order valence-corrected chi connectivity index (χ1v) is 8.58. The van der Waals surface area contributed by atoms with Crippen molar-refractivity contribution in [3.63, 3.8) is 0 Å². The predicted octanol–water partition coefficient (Wildman–Crippen LogP) is 4.02. The molecule has 1 atom stereocenters. The van der Waals surface area contributed by atoms with Gasteiger partial charge in [-0.25, -0.2) is 0 Å². The van der Waals surface area contributed by atoms with Gasteiger partial charge in [-0.2, -0.15) is 5.26 Å². The third-order valence-electron chi connectivity index (χ3n) is 4.22. The zero-order chi connectivity index (χ0) is 18.0. The highest BCUT2D eigenvalue weighted by Crippen LogP contribution is 2.26. The van der Waals surface area contributed by atoms with Crippen LogP contribution in [-0.2, 0) is 0 Å². The summed E-state index contributed by atoms with van der Waals surface area (Å²) in [4.78, 5) is 0. The van der Waals surface area contributed by atoms with Crippen molar-refractivity contribution in [1.29, 1.82) is 5.26 Å². The molecule has 4 heteroatoms. The molecule has 2 aromatic carbocycles. The number of nitriles is 1. The smallest absolute Gasteiger partial charge is 0.120 e. The van der Waals surface area contributed by atoms with Crippen molar-refractivity contribution in [3.8, 4) is 17.6 Å². The number of benzene rings is 2. The molecule has 1 aliphatic heterocycles. The molecule has 0 aliphatic carbocycles. The highest BCUT2D eigenvalue weighted by molar-refractivity contribution is 5.36. The molecule has 0 spiro atoms. The van der Waals surface area contributed by atoms with Gasteiger partial charge in [0.1, 0.15) is 11.5 Å². The average molecular weight is 338 g/mol. The Labute approximate surface area is 150 Å². The van der Waals surface area contributed by atoms with E-state index in [-0.39, 0.29) is 5.41 Å². The first-order chi connectivity index (χ1) is 12.1. The molecule has 0 bridgehead atoms. The molecule has 1 fully saturated rings. The third-order valence-corrected chi connectivity index (χ3v) is 4.22. The summed E-state index contributed by atoms with van der Waals surface area (Å²) in [5.41, 5.74) is 0.857. The molecule has 0 amide bonds. The first kappa shape index (κ1) is 18.8. The van der Waals surface area contributed by atoms with Gasteiger partial charge in [-0.3, -0.25) is 0 Å². The second-order valence-electron chi connectivity index (χ2n) is 6.54. The van der Waals surface area contributed by atoms with Gasteiger partial charge in [0.05, 0.1) is 25.3 Å². The van der Waals surface area contributed by atoms with Crippen molar-refractivity contribution in [2.45, 2.75) is 19.8 Å². The molecule has 2 aromatic rings. The standard InChI is InChI=1S/C14H18N2O.C7H8O/c1-14(6-3-7-16-10-14)11-17-13-5-2-4-12(8-13)9-15;1-8-7-5-3-2-4-6-7/h2,4-5,8,16H,3,6-7,10-11H2,1H3;2-6H,1H3/t14-;/m1./s1. The van der Waals surface area contributed by atoms with E-state index in [1.165, 1.54) is 12.8 Å². The Morgan fingerprint density at radius 2 is 1.88 bits per heavy atom. The highest BCUT2D eigenvalue weighted by atomic mass is 16.5. The normalized spacial score (nSPS) is 19.1. The van der Waals surface area contributed by atoms with E-state index in [2.05, 4.69) is 18.3 Å². The van der Waals surface area contributed by atoms with E-state index in [4.69, 9.17) is 14.7 Å². The summed E-state index contributed by atoms with van der Waals surface area (Å²) < 4.78 is 10.7. The average Bonchev–Trinajstić information content (AvgIpc) is 2.68. The Balaban J connectivity index is 0.000000236. The van der Waals surface area contributed by atoms with Gasteiger partial charge >= 0.3 is 0 Å². The number of hydrogen-bond acceptors (Lipinski definition) is 4. The Hall–Kier alpha value is -2.51. The lowest BCUT2D eigenvalue weighted by Crippen LogP contribution is -2.41. The van der Waals surface area contributed by atoms with E-state index in [1.807, 2.05) is 42.5 Å². The molecule has 1 saturated heterocycles. The maximum absolute atomic E-state index is 8.81. The van der Waals surface area contributed by atoms with Crippen LogP contribution in [0.1, 0.15) is 25.3 Å². The molecule has 1 aliphatic rings. The van der Waals surface area contributed by atoms with Gasteiger partial charge in [0.2, 0.25) is 0 Å². The molecular weight excluding hydrogens is 312 g/mol. The monoisotopic (exact) mass is 338 g/mol. The molecule has 0 aromatic heterocycles. The number of rotatable bonds is 4. The minimum Gasteiger partial charge on any atom is -0.497 e. The summed E-state index contributed by atoms with van der Waals surface area (Å²) in [6, 6.07) is 19.1. The Bertz CT molecular complexity index is 674. The van der Waals surface area contributed by atoms with Crippen LogP contribution in [0.4, 0.5) is 0 Å². The fraction of sp³-hybridized carbons (Fsp3) is 0.381. The van der Waals surface area contributed by atoms with Crippen LogP contribution in [0.15, 0.2) is 54.6 Å². The molecule has 132 valence electrons. The van der Waals surface area contributed by atoms with Crippen LogP contribution in [0, 0.1) is 16.7 Å². The first-order valence-electron chi connectivity index (χ1n) is 8.58. The molecule has 25 heavy (non-hydrogen) atoms. The van der Waals surface area contributed by atoms with E-state index in [1.54, 1.807) is 19.2 Å². The van der Waals surface area contributed by atoms with Crippen LogP contribution < -0.4 is 14.8 Å². The predicted molar refractivity (Wildman–Crippen MR) is 99.9 cm³/mol. The van der Waals surface area contributed by atoms with Gasteiger partial charge in [0.25, 0.3) is 0 Å². The summed E-state index contributed by atoms with van der Waals surface area (Å²) in [7, 11) is 1.66. The number of ether oxygens (including phenoxy) is 2. The number of hydrogen-bond donors (Lipinski definition) is 1. The van der Waals surface area contributed by atoms with E-state index < -0.39 is 0 Å². The van der Waals surface area contributed by atoms with Crippen molar-refractivity contribution < 1.29 is 9.47 Å². The van der Waals surface area contributed by atoms with Crippen LogP contribution in [0.5, 0.6) is 11.5 Å². The van der Waals surface area contributed by atoms with Crippen LogP contribution in [0.2, 0.25) is 0 Å². The summed E-state index contributed by atoms with van der Waals surface area (Å²) in [6.45, 7) is 5.06. The van der Waals surface area contributed by atoms with Gasteiger partial charge in [-0.15, -0.1) is 0 Å².